The van der Waals surface area contributed by atoms with Crippen LogP contribution in [0.3, 0.4) is 0 Å². The molecule has 4 rings (SSSR count). The van der Waals surface area contributed by atoms with Crippen LogP contribution in [0, 0.1) is 17.8 Å². The van der Waals surface area contributed by atoms with Crippen molar-refractivity contribution in [2.75, 3.05) is 26.2 Å². The maximum absolute atomic E-state index is 14.3. The molecular formula is C27H41N3O4S. The lowest BCUT2D eigenvalue weighted by atomic mass is 9.78. The third-order valence-corrected chi connectivity index (χ3v) is 9.58. The van der Waals surface area contributed by atoms with Crippen molar-refractivity contribution in [3.05, 3.63) is 24.3 Å². The fraction of sp³-hybridized carbons (Fsp3) is 0.741. The Balaban J connectivity index is 1.86. The predicted molar refractivity (Wildman–Crippen MR) is 139 cm³/mol. The van der Waals surface area contributed by atoms with Crippen molar-refractivity contribution in [3.8, 4) is 0 Å². The molecule has 194 valence electrons. The van der Waals surface area contributed by atoms with E-state index in [-0.39, 0.29) is 35.5 Å². The average Bonchev–Trinajstić information content (AvgIpc) is 3.09. The Bertz CT molecular complexity index is 926. The molecule has 4 aliphatic rings. The highest BCUT2D eigenvalue weighted by molar-refractivity contribution is 8.02. The standard InChI is InChI=1S/C27H41N3O4S/c1-7-12-28-13-8-10-19-20(23(28)32)21-24(33)30(18(16-31)15-17(2)3)22-25(34)29(26(4,5)6)14-9-11-27(21,22)35-19/h8-11,17-22,31H,7,12-16H2,1-6H3/t18-,19-,20+,21+,22?,27+/m1/s1. The van der Waals surface area contributed by atoms with Crippen LogP contribution in [-0.2, 0) is 14.4 Å². The number of amides is 3. The molecule has 0 bridgehead atoms. The maximum atomic E-state index is 14.3. The number of thioether (sulfide) groups is 1. The Labute approximate surface area is 214 Å². The van der Waals surface area contributed by atoms with Crippen LogP contribution in [0.1, 0.15) is 54.4 Å². The minimum Gasteiger partial charge on any atom is -0.394 e. The summed E-state index contributed by atoms with van der Waals surface area (Å²) in [5.74, 6) is -1.14. The molecule has 0 aromatic heterocycles. The molecule has 3 amide bonds. The lowest BCUT2D eigenvalue weighted by Crippen LogP contribution is -2.59. The third kappa shape index (κ3) is 4.24. The Morgan fingerprint density at radius 2 is 1.83 bits per heavy atom. The first-order chi connectivity index (χ1) is 16.5. The number of carbonyl (C=O) groups is 3. The van der Waals surface area contributed by atoms with Gasteiger partial charge in [-0.1, -0.05) is 45.1 Å². The normalized spacial score (nSPS) is 33.7. The number of carbonyl (C=O) groups excluding carboxylic acids is 3. The van der Waals surface area contributed by atoms with E-state index in [1.54, 1.807) is 16.7 Å². The Kier molecular flexibility index (Phi) is 7.19. The second-order valence-electron chi connectivity index (χ2n) is 11.8. The minimum atomic E-state index is -0.830. The highest BCUT2D eigenvalue weighted by Gasteiger charge is 2.72. The highest BCUT2D eigenvalue weighted by Crippen LogP contribution is 2.61. The molecule has 1 N–H and O–H groups in total. The molecule has 4 heterocycles. The van der Waals surface area contributed by atoms with Crippen LogP contribution in [0.5, 0.6) is 0 Å². The van der Waals surface area contributed by atoms with Gasteiger partial charge < -0.3 is 19.8 Å². The SMILES string of the molecule is CCCN1CC=C[C@H]2S[C@]34C=CCN(C(C)(C)C)C(=O)C3N([C@@H](CO)CC(C)C)C(=O)[C@@H]4[C@H]2C1=O. The van der Waals surface area contributed by atoms with Gasteiger partial charge in [-0.2, -0.15) is 0 Å². The Morgan fingerprint density at radius 3 is 2.43 bits per heavy atom. The lowest BCUT2D eigenvalue weighted by Gasteiger charge is -2.42. The van der Waals surface area contributed by atoms with Crippen LogP contribution in [0.15, 0.2) is 24.3 Å². The average molecular weight is 504 g/mol. The quantitative estimate of drug-likeness (QED) is 0.564. The zero-order valence-electron chi connectivity index (χ0n) is 21.9. The molecule has 0 aromatic rings. The predicted octanol–water partition coefficient (Wildman–Crippen LogP) is 2.70. The van der Waals surface area contributed by atoms with Crippen LogP contribution in [0.4, 0.5) is 0 Å². The van der Waals surface area contributed by atoms with Gasteiger partial charge in [-0.15, -0.1) is 11.8 Å². The molecule has 1 spiro atoms. The fourth-order valence-corrected chi connectivity index (χ4v) is 8.41. The second kappa shape index (κ2) is 9.58. The first-order valence-corrected chi connectivity index (χ1v) is 13.9. The molecule has 35 heavy (non-hydrogen) atoms. The van der Waals surface area contributed by atoms with Crippen molar-refractivity contribution in [1.82, 2.24) is 14.7 Å². The van der Waals surface area contributed by atoms with Crippen LogP contribution >= 0.6 is 11.8 Å². The molecule has 1 unspecified atom stereocenters. The van der Waals surface area contributed by atoms with Crippen LogP contribution < -0.4 is 0 Å². The zero-order valence-corrected chi connectivity index (χ0v) is 22.8. The van der Waals surface area contributed by atoms with Gasteiger partial charge in [-0.05, 0) is 39.5 Å². The summed E-state index contributed by atoms with van der Waals surface area (Å²) in [6.45, 7) is 13.7. The Hall–Kier alpha value is -1.80. The molecule has 2 fully saturated rings. The molecule has 2 saturated heterocycles. The van der Waals surface area contributed by atoms with Gasteiger partial charge in [0.05, 0.1) is 29.2 Å². The van der Waals surface area contributed by atoms with E-state index in [0.29, 0.717) is 26.1 Å². The molecule has 8 heteroatoms. The van der Waals surface area contributed by atoms with E-state index in [2.05, 4.69) is 26.0 Å². The van der Waals surface area contributed by atoms with E-state index in [0.717, 1.165) is 6.42 Å². The Morgan fingerprint density at radius 1 is 1.11 bits per heavy atom. The summed E-state index contributed by atoms with van der Waals surface area (Å²) in [5.41, 5.74) is -0.423. The number of fused-ring (bicyclic) bond motifs is 2. The number of aliphatic hydroxyl groups excluding tert-OH is 1. The highest BCUT2D eigenvalue weighted by atomic mass is 32.2. The van der Waals surface area contributed by atoms with Gasteiger partial charge in [0, 0.05) is 30.4 Å². The first-order valence-electron chi connectivity index (χ1n) is 13.0. The fourth-order valence-electron chi connectivity index (χ4n) is 6.42. The van der Waals surface area contributed by atoms with E-state index >= 15 is 0 Å². The van der Waals surface area contributed by atoms with E-state index in [4.69, 9.17) is 0 Å². The van der Waals surface area contributed by atoms with Crippen molar-refractivity contribution >= 4 is 29.5 Å². The van der Waals surface area contributed by atoms with Gasteiger partial charge in [-0.25, -0.2) is 0 Å². The molecule has 0 aliphatic carbocycles. The molecule has 6 atom stereocenters. The zero-order chi connectivity index (χ0) is 25.7. The monoisotopic (exact) mass is 503 g/mol. The van der Waals surface area contributed by atoms with Crippen molar-refractivity contribution < 1.29 is 19.5 Å². The smallest absolute Gasteiger partial charge is 0.247 e. The second-order valence-corrected chi connectivity index (χ2v) is 13.3. The summed E-state index contributed by atoms with van der Waals surface area (Å²) < 4.78 is -0.830. The van der Waals surface area contributed by atoms with E-state index in [1.807, 2.05) is 49.6 Å². The lowest BCUT2D eigenvalue weighted by molar-refractivity contribution is -0.149. The van der Waals surface area contributed by atoms with E-state index < -0.39 is 34.2 Å². The number of rotatable bonds is 6. The summed E-state index contributed by atoms with van der Waals surface area (Å²) in [6.07, 6.45) is 9.63. The van der Waals surface area contributed by atoms with Crippen molar-refractivity contribution in [1.29, 1.82) is 0 Å². The maximum Gasteiger partial charge on any atom is 0.247 e. The van der Waals surface area contributed by atoms with Gasteiger partial charge in [-0.3, -0.25) is 14.4 Å². The number of hydrogen-bond donors (Lipinski definition) is 1. The van der Waals surface area contributed by atoms with Gasteiger partial charge in [0.1, 0.15) is 6.04 Å². The van der Waals surface area contributed by atoms with Gasteiger partial charge in [0.2, 0.25) is 17.7 Å². The summed E-state index contributed by atoms with van der Waals surface area (Å²) in [4.78, 5) is 47.8. The van der Waals surface area contributed by atoms with Crippen LogP contribution in [-0.4, -0.2) is 91.4 Å². The number of likely N-dealkylation sites (tertiary alicyclic amines) is 1. The molecule has 4 aliphatic heterocycles. The molecule has 0 saturated carbocycles. The summed E-state index contributed by atoms with van der Waals surface area (Å²) >= 11 is 1.61. The summed E-state index contributed by atoms with van der Waals surface area (Å²) in [7, 11) is 0. The van der Waals surface area contributed by atoms with Gasteiger partial charge in [0.15, 0.2) is 0 Å². The number of aliphatic hydroxyl groups is 1. The van der Waals surface area contributed by atoms with Crippen molar-refractivity contribution in [2.24, 2.45) is 17.8 Å². The van der Waals surface area contributed by atoms with Crippen molar-refractivity contribution in [3.63, 3.8) is 0 Å². The summed E-state index contributed by atoms with van der Waals surface area (Å²) in [5, 5.41) is 10.2. The third-order valence-electron chi connectivity index (χ3n) is 7.83. The minimum absolute atomic E-state index is 0.00681. The molecule has 0 aromatic carbocycles. The van der Waals surface area contributed by atoms with Crippen molar-refractivity contribution in [2.45, 2.75) is 82.0 Å². The summed E-state index contributed by atoms with van der Waals surface area (Å²) in [6, 6.07) is -1.21. The van der Waals surface area contributed by atoms with E-state index in [9.17, 15) is 19.5 Å². The van der Waals surface area contributed by atoms with Crippen LogP contribution in [0.2, 0.25) is 0 Å². The first kappa shape index (κ1) is 26.3. The van der Waals surface area contributed by atoms with E-state index in [1.165, 1.54) is 0 Å². The van der Waals surface area contributed by atoms with Crippen LogP contribution in [0.25, 0.3) is 0 Å². The topological polar surface area (TPSA) is 81.2 Å². The van der Waals surface area contributed by atoms with Gasteiger partial charge >= 0.3 is 0 Å². The number of hydrogen-bond acceptors (Lipinski definition) is 5. The molecule has 0 radical (unpaired) electrons. The molecular weight excluding hydrogens is 462 g/mol. The van der Waals surface area contributed by atoms with Gasteiger partial charge in [0.25, 0.3) is 0 Å². The number of nitrogens with zero attached hydrogens (tertiary/aromatic N) is 3. The molecule has 7 nitrogen and oxygen atoms in total. The largest absolute Gasteiger partial charge is 0.394 e.